The lowest BCUT2D eigenvalue weighted by Crippen LogP contribution is -2.46. The molecule has 0 saturated carbocycles. The van der Waals surface area contributed by atoms with Crippen LogP contribution in [0.2, 0.25) is 0 Å². The standard InChI is InChI=1S/C23H25N3O8/c1-23(10-13-5-6-15-16(7-13)34-12-33-15)21(28)26(22(29)25-23)11-19(27)24-14-8-17(30-2)20(32-4)18(9-14)31-3/h5-9H,10-12H2,1-4H3,(H,24,27)(H,25,29). The number of carbonyl (C=O) groups excluding carboxylic acids is 3. The smallest absolute Gasteiger partial charge is 0.325 e. The Bertz CT molecular complexity index is 1130. The van der Waals surface area contributed by atoms with E-state index in [0.29, 0.717) is 34.4 Å². The molecule has 0 aliphatic carbocycles. The molecule has 11 nitrogen and oxygen atoms in total. The van der Waals surface area contributed by atoms with Crippen molar-refractivity contribution in [1.29, 1.82) is 0 Å². The summed E-state index contributed by atoms with van der Waals surface area (Å²) in [6.45, 7) is 1.30. The number of fused-ring (bicyclic) bond motifs is 1. The third-order valence-electron chi connectivity index (χ3n) is 5.59. The molecule has 2 aromatic rings. The van der Waals surface area contributed by atoms with Gasteiger partial charge in [-0.2, -0.15) is 0 Å². The number of urea groups is 1. The van der Waals surface area contributed by atoms with E-state index >= 15 is 0 Å². The van der Waals surface area contributed by atoms with E-state index in [1.54, 1.807) is 37.3 Å². The predicted molar refractivity (Wildman–Crippen MR) is 120 cm³/mol. The number of imide groups is 1. The van der Waals surface area contributed by atoms with Gasteiger partial charge in [-0.05, 0) is 24.6 Å². The first-order valence-electron chi connectivity index (χ1n) is 10.4. The maximum absolute atomic E-state index is 13.1. The summed E-state index contributed by atoms with van der Waals surface area (Å²) < 4.78 is 26.5. The van der Waals surface area contributed by atoms with Gasteiger partial charge in [-0.3, -0.25) is 14.5 Å². The summed E-state index contributed by atoms with van der Waals surface area (Å²) in [7, 11) is 4.38. The van der Waals surface area contributed by atoms with E-state index in [-0.39, 0.29) is 13.2 Å². The molecule has 2 heterocycles. The van der Waals surface area contributed by atoms with Crippen LogP contribution in [0.3, 0.4) is 0 Å². The second-order valence-electron chi connectivity index (χ2n) is 7.98. The van der Waals surface area contributed by atoms with Crippen LogP contribution in [0.1, 0.15) is 12.5 Å². The number of rotatable bonds is 8. The highest BCUT2D eigenvalue weighted by Crippen LogP contribution is 2.40. The van der Waals surface area contributed by atoms with Crippen LogP contribution in [-0.4, -0.2) is 63.0 Å². The minimum Gasteiger partial charge on any atom is -0.493 e. The third kappa shape index (κ3) is 4.24. The highest BCUT2D eigenvalue weighted by Gasteiger charge is 2.48. The van der Waals surface area contributed by atoms with Crippen molar-refractivity contribution in [3.8, 4) is 28.7 Å². The average Bonchev–Trinajstić information content (AvgIpc) is 3.36. The number of hydrogen-bond acceptors (Lipinski definition) is 8. The Hall–Kier alpha value is -4.15. The number of ether oxygens (including phenoxy) is 5. The Morgan fingerprint density at radius 3 is 2.38 bits per heavy atom. The monoisotopic (exact) mass is 471 g/mol. The molecule has 0 spiro atoms. The molecule has 2 N–H and O–H groups in total. The number of benzene rings is 2. The van der Waals surface area contributed by atoms with Gasteiger partial charge in [0.1, 0.15) is 12.1 Å². The minimum atomic E-state index is -1.21. The van der Waals surface area contributed by atoms with Gasteiger partial charge in [-0.25, -0.2) is 4.79 Å². The van der Waals surface area contributed by atoms with Gasteiger partial charge in [0.15, 0.2) is 23.0 Å². The van der Waals surface area contributed by atoms with Crippen molar-refractivity contribution in [3.05, 3.63) is 35.9 Å². The first kappa shape index (κ1) is 23.0. The Morgan fingerprint density at radius 1 is 1.06 bits per heavy atom. The Labute approximate surface area is 195 Å². The number of nitrogens with zero attached hydrogens (tertiary/aromatic N) is 1. The fourth-order valence-corrected chi connectivity index (χ4v) is 3.97. The van der Waals surface area contributed by atoms with Gasteiger partial charge in [0.05, 0.1) is 21.3 Å². The SMILES string of the molecule is COc1cc(NC(=O)CN2C(=O)NC(C)(Cc3ccc4c(c3)OCO4)C2=O)cc(OC)c1OC. The second-order valence-corrected chi connectivity index (χ2v) is 7.98. The number of amides is 4. The summed E-state index contributed by atoms with van der Waals surface area (Å²) in [5, 5.41) is 5.35. The Morgan fingerprint density at radius 2 is 1.74 bits per heavy atom. The average molecular weight is 471 g/mol. The minimum absolute atomic E-state index is 0.139. The lowest BCUT2D eigenvalue weighted by molar-refractivity contribution is -0.133. The van der Waals surface area contributed by atoms with Gasteiger partial charge in [0.25, 0.3) is 5.91 Å². The van der Waals surface area contributed by atoms with Gasteiger partial charge in [0, 0.05) is 24.2 Å². The molecule has 2 aromatic carbocycles. The first-order chi connectivity index (χ1) is 16.3. The summed E-state index contributed by atoms with van der Waals surface area (Å²) in [5.41, 5.74) is -0.0729. The van der Waals surface area contributed by atoms with E-state index in [9.17, 15) is 14.4 Å². The second kappa shape index (κ2) is 9.00. The molecule has 4 amide bonds. The van der Waals surface area contributed by atoms with E-state index in [1.807, 2.05) is 0 Å². The lowest BCUT2D eigenvalue weighted by Gasteiger charge is -2.22. The summed E-state index contributed by atoms with van der Waals surface area (Å²) >= 11 is 0. The zero-order valence-electron chi connectivity index (χ0n) is 19.2. The number of anilines is 1. The van der Waals surface area contributed by atoms with Crippen molar-refractivity contribution in [1.82, 2.24) is 10.2 Å². The molecule has 1 fully saturated rings. The molecule has 0 radical (unpaired) electrons. The van der Waals surface area contributed by atoms with Crippen LogP contribution in [0.5, 0.6) is 28.7 Å². The van der Waals surface area contributed by atoms with Gasteiger partial charge < -0.3 is 34.3 Å². The third-order valence-corrected chi connectivity index (χ3v) is 5.59. The van der Waals surface area contributed by atoms with Crippen LogP contribution in [0.15, 0.2) is 30.3 Å². The highest BCUT2D eigenvalue weighted by molar-refractivity contribution is 6.10. The fourth-order valence-electron chi connectivity index (χ4n) is 3.97. The van der Waals surface area contributed by atoms with Crippen LogP contribution < -0.4 is 34.3 Å². The van der Waals surface area contributed by atoms with Gasteiger partial charge in [-0.15, -0.1) is 0 Å². The summed E-state index contributed by atoms with van der Waals surface area (Å²) in [6, 6.07) is 7.78. The predicted octanol–water partition coefficient (Wildman–Crippen LogP) is 1.93. The molecule has 11 heteroatoms. The quantitative estimate of drug-likeness (QED) is 0.560. The van der Waals surface area contributed by atoms with E-state index in [0.717, 1.165) is 10.5 Å². The lowest BCUT2D eigenvalue weighted by atomic mass is 9.92. The van der Waals surface area contributed by atoms with Crippen molar-refractivity contribution in [2.24, 2.45) is 0 Å². The van der Waals surface area contributed by atoms with Crippen molar-refractivity contribution >= 4 is 23.5 Å². The molecular weight excluding hydrogens is 446 g/mol. The van der Waals surface area contributed by atoms with Crippen molar-refractivity contribution in [2.45, 2.75) is 18.9 Å². The molecule has 1 saturated heterocycles. The Balaban J connectivity index is 1.45. The van der Waals surface area contributed by atoms with Crippen LogP contribution in [0.4, 0.5) is 10.5 Å². The Kier molecular flexibility index (Phi) is 6.10. The van der Waals surface area contributed by atoms with Crippen molar-refractivity contribution in [2.75, 3.05) is 40.0 Å². The molecule has 34 heavy (non-hydrogen) atoms. The van der Waals surface area contributed by atoms with Gasteiger partial charge in [0.2, 0.25) is 18.4 Å². The van der Waals surface area contributed by atoms with Crippen LogP contribution in [0.25, 0.3) is 0 Å². The number of carbonyl (C=O) groups is 3. The van der Waals surface area contributed by atoms with Crippen LogP contribution in [-0.2, 0) is 16.0 Å². The van der Waals surface area contributed by atoms with Crippen LogP contribution in [0, 0.1) is 0 Å². The van der Waals surface area contributed by atoms with E-state index in [4.69, 9.17) is 23.7 Å². The van der Waals surface area contributed by atoms with Gasteiger partial charge in [-0.1, -0.05) is 6.07 Å². The first-order valence-corrected chi connectivity index (χ1v) is 10.4. The van der Waals surface area contributed by atoms with E-state index in [2.05, 4.69) is 10.6 Å². The fraction of sp³-hybridized carbons (Fsp3) is 0.348. The summed E-state index contributed by atoms with van der Waals surface area (Å²) in [6.07, 6.45) is 0.221. The van der Waals surface area contributed by atoms with Crippen molar-refractivity contribution in [3.63, 3.8) is 0 Å². The molecule has 4 rings (SSSR count). The van der Waals surface area contributed by atoms with Gasteiger partial charge >= 0.3 is 6.03 Å². The summed E-state index contributed by atoms with van der Waals surface area (Å²) in [4.78, 5) is 39.2. The zero-order chi connectivity index (χ0) is 24.5. The molecule has 1 unspecified atom stereocenters. The summed E-state index contributed by atoms with van der Waals surface area (Å²) in [5.74, 6) is 1.21. The van der Waals surface area contributed by atoms with E-state index < -0.39 is 29.9 Å². The number of hydrogen-bond donors (Lipinski definition) is 2. The molecular formula is C23H25N3O8. The van der Waals surface area contributed by atoms with Crippen LogP contribution >= 0.6 is 0 Å². The molecule has 1 atom stereocenters. The number of methoxy groups -OCH3 is 3. The molecule has 180 valence electrons. The largest absolute Gasteiger partial charge is 0.493 e. The maximum atomic E-state index is 13.1. The maximum Gasteiger partial charge on any atom is 0.325 e. The topological polar surface area (TPSA) is 125 Å². The molecule has 2 aliphatic heterocycles. The zero-order valence-corrected chi connectivity index (χ0v) is 19.2. The number of nitrogens with one attached hydrogen (secondary N) is 2. The molecule has 2 aliphatic rings. The normalized spacial score (nSPS) is 18.5. The van der Waals surface area contributed by atoms with E-state index in [1.165, 1.54) is 21.3 Å². The van der Waals surface area contributed by atoms with Crippen molar-refractivity contribution < 1.29 is 38.1 Å². The highest BCUT2D eigenvalue weighted by atomic mass is 16.7. The molecule has 0 bridgehead atoms. The molecule has 0 aromatic heterocycles.